The summed E-state index contributed by atoms with van der Waals surface area (Å²) in [5.74, 6) is 2.85. The summed E-state index contributed by atoms with van der Waals surface area (Å²) in [7, 11) is 0. The van der Waals surface area contributed by atoms with Crippen molar-refractivity contribution < 1.29 is 4.79 Å². The predicted molar refractivity (Wildman–Crippen MR) is 84.1 cm³/mol. The Balaban J connectivity index is 1.37. The molecular weight excluding hydrogens is 260 g/mol. The molecule has 2 saturated carbocycles. The van der Waals surface area contributed by atoms with Crippen LogP contribution >= 0.6 is 0 Å². The molecule has 4 rings (SSSR count). The number of fused-ring (bicyclic) bond motifs is 3. The minimum absolute atomic E-state index is 0.0310. The van der Waals surface area contributed by atoms with Crippen molar-refractivity contribution in [2.45, 2.75) is 44.6 Å². The Kier molecular flexibility index (Phi) is 3.46. The third kappa shape index (κ3) is 2.59. The monoisotopic (exact) mass is 284 g/mol. The lowest BCUT2D eigenvalue weighted by molar-refractivity contribution is -0.118. The van der Waals surface area contributed by atoms with Crippen molar-refractivity contribution >= 4 is 11.6 Å². The second kappa shape index (κ2) is 5.45. The number of carbonyl (C=O) groups excluding carboxylic acids is 1. The molecule has 3 heteroatoms. The Bertz CT molecular complexity index is 542. The summed E-state index contributed by atoms with van der Waals surface area (Å²) in [6.07, 6.45) is 7.56. The van der Waals surface area contributed by atoms with Crippen molar-refractivity contribution in [1.82, 2.24) is 5.32 Å². The van der Waals surface area contributed by atoms with Crippen LogP contribution < -0.4 is 10.6 Å². The van der Waals surface area contributed by atoms with E-state index < -0.39 is 0 Å². The molecular formula is C18H24N2O. The van der Waals surface area contributed by atoms with E-state index in [0.717, 1.165) is 42.8 Å². The van der Waals surface area contributed by atoms with Gasteiger partial charge >= 0.3 is 0 Å². The zero-order chi connectivity index (χ0) is 14.2. The molecule has 3 nitrogen and oxygen atoms in total. The maximum atomic E-state index is 12.4. The quantitative estimate of drug-likeness (QED) is 0.896. The fourth-order valence-electron chi connectivity index (χ4n) is 4.63. The highest BCUT2D eigenvalue weighted by molar-refractivity contribution is 5.96. The number of benzene rings is 1. The summed E-state index contributed by atoms with van der Waals surface area (Å²) in [5, 5.41) is 6.64. The Hall–Kier alpha value is -1.35. The summed E-state index contributed by atoms with van der Waals surface area (Å²) < 4.78 is 0. The first-order chi connectivity index (χ1) is 10.3. The third-order valence-corrected chi connectivity index (χ3v) is 5.81. The van der Waals surface area contributed by atoms with Crippen LogP contribution in [0, 0.1) is 17.8 Å². The molecule has 0 radical (unpaired) electrons. The average Bonchev–Trinajstić information content (AvgIpc) is 3.07. The Labute approximate surface area is 126 Å². The minimum Gasteiger partial charge on any atom is -0.324 e. The first-order valence-corrected chi connectivity index (χ1v) is 8.42. The molecule has 2 bridgehead atoms. The standard InChI is InChI=1S/C18H24N2O/c21-18-17(8-7-13-3-1-2-4-16(13)20-18)19-11-15-10-12-5-6-14(15)9-12/h1-4,12,14-15,17,19H,5-11H2,(H,20,21). The second-order valence-electron chi connectivity index (χ2n) is 7.08. The molecule has 112 valence electrons. The molecule has 2 N–H and O–H groups in total. The molecule has 0 spiro atoms. The maximum absolute atomic E-state index is 12.4. The van der Waals surface area contributed by atoms with Crippen LogP contribution in [0.3, 0.4) is 0 Å². The van der Waals surface area contributed by atoms with Gasteiger partial charge < -0.3 is 10.6 Å². The first kappa shape index (κ1) is 13.3. The summed E-state index contributed by atoms with van der Waals surface area (Å²) in [5.41, 5.74) is 2.25. The molecule has 0 aromatic heterocycles. The van der Waals surface area contributed by atoms with Crippen LogP contribution in [0.5, 0.6) is 0 Å². The van der Waals surface area contributed by atoms with Gasteiger partial charge in [-0.3, -0.25) is 4.79 Å². The van der Waals surface area contributed by atoms with Crippen molar-refractivity contribution in [1.29, 1.82) is 0 Å². The van der Waals surface area contributed by atoms with E-state index in [9.17, 15) is 4.79 Å². The zero-order valence-electron chi connectivity index (χ0n) is 12.5. The van der Waals surface area contributed by atoms with Gasteiger partial charge in [0.2, 0.25) is 5.91 Å². The van der Waals surface area contributed by atoms with Gasteiger partial charge in [-0.15, -0.1) is 0 Å². The maximum Gasteiger partial charge on any atom is 0.241 e. The molecule has 2 fully saturated rings. The van der Waals surface area contributed by atoms with E-state index in [-0.39, 0.29) is 11.9 Å². The molecule has 1 heterocycles. The molecule has 1 amide bonds. The molecule has 4 atom stereocenters. The predicted octanol–water partition coefficient (Wildman–Crippen LogP) is 2.97. The van der Waals surface area contributed by atoms with Gasteiger partial charge in [0.1, 0.15) is 0 Å². The van der Waals surface area contributed by atoms with Gasteiger partial charge in [-0.25, -0.2) is 0 Å². The van der Waals surface area contributed by atoms with Gasteiger partial charge in [0.05, 0.1) is 6.04 Å². The van der Waals surface area contributed by atoms with Crippen LogP contribution in [0.15, 0.2) is 24.3 Å². The topological polar surface area (TPSA) is 41.1 Å². The summed E-state index contributed by atoms with van der Waals surface area (Å²) in [6.45, 7) is 1.02. The molecule has 1 aliphatic heterocycles. The highest BCUT2D eigenvalue weighted by Crippen LogP contribution is 2.48. The minimum atomic E-state index is -0.0310. The van der Waals surface area contributed by atoms with E-state index >= 15 is 0 Å². The SMILES string of the molecule is O=C1Nc2ccccc2CCC1NCC1CC2CCC1C2. The van der Waals surface area contributed by atoms with Crippen LogP contribution in [0.4, 0.5) is 5.69 Å². The smallest absolute Gasteiger partial charge is 0.241 e. The first-order valence-electron chi connectivity index (χ1n) is 8.42. The number of aryl methyl sites for hydroxylation is 1. The number of hydrogen-bond donors (Lipinski definition) is 2. The van der Waals surface area contributed by atoms with Gasteiger partial charge in [-0.1, -0.05) is 24.6 Å². The third-order valence-electron chi connectivity index (χ3n) is 5.81. The zero-order valence-corrected chi connectivity index (χ0v) is 12.5. The number of nitrogens with one attached hydrogen (secondary N) is 2. The van der Waals surface area contributed by atoms with Gasteiger partial charge in [0.25, 0.3) is 0 Å². The molecule has 0 saturated heterocycles. The molecule has 3 aliphatic rings. The van der Waals surface area contributed by atoms with Gasteiger partial charge in [-0.05, 0) is 68.0 Å². The number of rotatable bonds is 3. The van der Waals surface area contributed by atoms with E-state index in [2.05, 4.69) is 16.7 Å². The van der Waals surface area contributed by atoms with Crippen LogP contribution in [0.1, 0.15) is 37.7 Å². The fraction of sp³-hybridized carbons (Fsp3) is 0.611. The largest absolute Gasteiger partial charge is 0.324 e. The van der Waals surface area contributed by atoms with Crippen molar-refractivity contribution in [2.24, 2.45) is 17.8 Å². The Morgan fingerprint density at radius 1 is 1.14 bits per heavy atom. The lowest BCUT2D eigenvalue weighted by atomic mass is 9.88. The van der Waals surface area contributed by atoms with Gasteiger partial charge in [-0.2, -0.15) is 0 Å². The lowest BCUT2D eigenvalue weighted by Crippen LogP contribution is -2.42. The van der Waals surface area contributed by atoms with Crippen LogP contribution in [0.2, 0.25) is 0 Å². The van der Waals surface area contributed by atoms with Crippen molar-refractivity contribution in [2.75, 3.05) is 11.9 Å². The lowest BCUT2D eigenvalue weighted by Gasteiger charge is -2.24. The molecule has 21 heavy (non-hydrogen) atoms. The number of para-hydroxylation sites is 1. The number of hydrogen-bond acceptors (Lipinski definition) is 2. The van der Waals surface area contributed by atoms with Crippen molar-refractivity contribution in [3.63, 3.8) is 0 Å². The van der Waals surface area contributed by atoms with Crippen LogP contribution in [-0.2, 0) is 11.2 Å². The summed E-state index contributed by atoms with van der Waals surface area (Å²) >= 11 is 0. The van der Waals surface area contributed by atoms with Crippen LogP contribution in [-0.4, -0.2) is 18.5 Å². The van der Waals surface area contributed by atoms with Gasteiger partial charge in [0.15, 0.2) is 0 Å². The van der Waals surface area contributed by atoms with E-state index in [0.29, 0.717) is 0 Å². The number of amides is 1. The van der Waals surface area contributed by atoms with Crippen molar-refractivity contribution in [3.8, 4) is 0 Å². The highest BCUT2D eigenvalue weighted by atomic mass is 16.2. The van der Waals surface area contributed by atoms with Gasteiger partial charge in [0, 0.05) is 5.69 Å². The Morgan fingerprint density at radius 3 is 2.86 bits per heavy atom. The Morgan fingerprint density at radius 2 is 2.05 bits per heavy atom. The van der Waals surface area contributed by atoms with E-state index in [1.54, 1.807) is 0 Å². The van der Waals surface area contributed by atoms with Crippen LogP contribution in [0.25, 0.3) is 0 Å². The molecule has 2 aliphatic carbocycles. The van der Waals surface area contributed by atoms with E-state index in [1.165, 1.54) is 31.2 Å². The summed E-state index contributed by atoms with van der Waals surface area (Å²) in [6, 6.07) is 8.13. The fourth-order valence-corrected chi connectivity index (χ4v) is 4.63. The van der Waals surface area contributed by atoms with E-state index in [4.69, 9.17) is 0 Å². The summed E-state index contributed by atoms with van der Waals surface area (Å²) in [4.78, 5) is 12.4. The second-order valence-corrected chi connectivity index (χ2v) is 7.08. The average molecular weight is 284 g/mol. The molecule has 4 unspecified atom stereocenters. The van der Waals surface area contributed by atoms with Crippen molar-refractivity contribution in [3.05, 3.63) is 29.8 Å². The highest BCUT2D eigenvalue weighted by Gasteiger charge is 2.39. The number of carbonyl (C=O) groups is 1. The van der Waals surface area contributed by atoms with E-state index in [1.807, 2.05) is 18.2 Å². The molecule has 1 aromatic rings. The normalized spacial score (nSPS) is 34.4. The molecule has 1 aromatic carbocycles. The number of anilines is 1.